The molecule has 36 heavy (non-hydrogen) atoms. The SMILES string of the molecule is C[C@@H](COc1ncc(NC(=O)c2ncc(OC[C@H]3CC3(F)F)cc2F)c(=O)[nH]1)NC(=O)OC(C)(C)C. The fourth-order valence-corrected chi connectivity index (χ4v) is 2.79. The number of hydrogen-bond acceptors (Lipinski definition) is 8. The van der Waals surface area contributed by atoms with Crippen LogP contribution in [0.1, 0.15) is 44.6 Å². The number of H-pyrrole nitrogens is 1. The van der Waals surface area contributed by atoms with Crippen LogP contribution >= 0.6 is 0 Å². The monoisotopic (exact) mass is 513 g/mol. The molecule has 0 spiro atoms. The van der Waals surface area contributed by atoms with Gasteiger partial charge in [-0.25, -0.2) is 27.9 Å². The molecule has 0 bridgehead atoms. The Morgan fingerprint density at radius 2 is 1.94 bits per heavy atom. The largest absolute Gasteiger partial charge is 0.491 e. The van der Waals surface area contributed by atoms with Crippen molar-refractivity contribution in [3.63, 3.8) is 0 Å². The van der Waals surface area contributed by atoms with Crippen molar-refractivity contribution in [1.29, 1.82) is 0 Å². The molecule has 0 aromatic carbocycles. The van der Waals surface area contributed by atoms with Crippen LogP contribution in [0.5, 0.6) is 11.8 Å². The third-order valence-electron chi connectivity index (χ3n) is 4.70. The average Bonchev–Trinajstić information content (AvgIpc) is 3.37. The molecule has 2 aromatic rings. The fraction of sp³-hybridized carbons (Fsp3) is 0.500. The summed E-state index contributed by atoms with van der Waals surface area (Å²) in [6.45, 7) is 6.46. The summed E-state index contributed by atoms with van der Waals surface area (Å²) in [6, 6.07) is 0.183. The molecule has 0 unspecified atom stereocenters. The minimum atomic E-state index is -2.78. The molecule has 0 radical (unpaired) electrons. The van der Waals surface area contributed by atoms with Crippen molar-refractivity contribution >= 4 is 17.7 Å². The lowest BCUT2D eigenvalue weighted by Gasteiger charge is -2.21. The number of amides is 2. The number of aromatic nitrogens is 3. The summed E-state index contributed by atoms with van der Waals surface area (Å²) in [5.41, 5.74) is -2.39. The van der Waals surface area contributed by atoms with E-state index in [9.17, 15) is 27.6 Å². The van der Waals surface area contributed by atoms with Crippen LogP contribution in [0.3, 0.4) is 0 Å². The van der Waals surface area contributed by atoms with Gasteiger partial charge in [-0.1, -0.05) is 0 Å². The van der Waals surface area contributed by atoms with Gasteiger partial charge in [-0.3, -0.25) is 14.6 Å². The average molecular weight is 513 g/mol. The van der Waals surface area contributed by atoms with Gasteiger partial charge < -0.3 is 24.8 Å². The van der Waals surface area contributed by atoms with Crippen LogP contribution < -0.4 is 25.7 Å². The number of pyridine rings is 1. The lowest BCUT2D eigenvalue weighted by molar-refractivity contribution is 0.0492. The van der Waals surface area contributed by atoms with E-state index in [1.165, 1.54) is 0 Å². The Hall–Kier alpha value is -3.84. The molecule has 0 aliphatic heterocycles. The van der Waals surface area contributed by atoms with Crippen LogP contribution in [-0.2, 0) is 4.74 Å². The van der Waals surface area contributed by atoms with Crippen LogP contribution in [-0.4, -0.2) is 57.7 Å². The van der Waals surface area contributed by atoms with Gasteiger partial charge in [0.15, 0.2) is 11.5 Å². The summed E-state index contributed by atoms with van der Waals surface area (Å²) in [5, 5.41) is 4.74. The zero-order chi connectivity index (χ0) is 26.7. The third kappa shape index (κ3) is 7.58. The molecule has 11 nitrogen and oxygen atoms in total. The second-order valence-corrected chi connectivity index (χ2v) is 9.22. The van der Waals surface area contributed by atoms with E-state index < -0.39 is 52.6 Å². The van der Waals surface area contributed by atoms with Crippen molar-refractivity contribution in [3.05, 3.63) is 40.3 Å². The molecular weight excluding hydrogens is 487 g/mol. The van der Waals surface area contributed by atoms with Gasteiger partial charge >= 0.3 is 6.09 Å². The Labute approximate surface area is 203 Å². The summed E-state index contributed by atoms with van der Waals surface area (Å²) < 4.78 is 55.7. The van der Waals surface area contributed by atoms with E-state index >= 15 is 0 Å². The second-order valence-electron chi connectivity index (χ2n) is 9.22. The number of alkyl carbamates (subject to hydrolysis) is 1. The van der Waals surface area contributed by atoms with Crippen LogP contribution in [0, 0.1) is 11.7 Å². The van der Waals surface area contributed by atoms with Crippen molar-refractivity contribution in [2.24, 2.45) is 5.92 Å². The molecule has 2 atom stereocenters. The quantitative estimate of drug-likeness (QED) is 0.464. The predicted molar refractivity (Wildman–Crippen MR) is 120 cm³/mol. The van der Waals surface area contributed by atoms with Crippen LogP contribution in [0.2, 0.25) is 0 Å². The van der Waals surface area contributed by atoms with E-state index in [0.29, 0.717) is 0 Å². The van der Waals surface area contributed by atoms with E-state index in [1.807, 2.05) is 0 Å². The molecule has 1 aliphatic rings. The highest BCUT2D eigenvalue weighted by molar-refractivity contribution is 6.02. The normalized spacial score (nSPS) is 17.0. The first-order valence-corrected chi connectivity index (χ1v) is 10.9. The number of carbonyl (C=O) groups excluding carboxylic acids is 2. The first-order chi connectivity index (χ1) is 16.7. The summed E-state index contributed by atoms with van der Waals surface area (Å²) in [6.07, 6.45) is 1.09. The Bertz CT molecular complexity index is 1180. The summed E-state index contributed by atoms with van der Waals surface area (Å²) in [4.78, 5) is 46.2. The van der Waals surface area contributed by atoms with Gasteiger partial charge in [0, 0.05) is 12.5 Å². The molecule has 14 heteroatoms. The first kappa shape index (κ1) is 26.8. The van der Waals surface area contributed by atoms with E-state index in [1.54, 1.807) is 27.7 Å². The molecule has 1 aliphatic carbocycles. The zero-order valence-electron chi connectivity index (χ0n) is 20.0. The minimum absolute atomic E-state index is 0.0458. The van der Waals surface area contributed by atoms with Gasteiger partial charge in [-0.05, 0) is 27.7 Å². The number of aromatic amines is 1. The highest BCUT2D eigenvalue weighted by Crippen LogP contribution is 2.48. The van der Waals surface area contributed by atoms with Crippen LogP contribution in [0.15, 0.2) is 23.3 Å². The number of nitrogens with zero attached hydrogens (tertiary/aromatic N) is 2. The molecule has 196 valence electrons. The van der Waals surface area contributed by atoms with E-state index in [-0.39, 0.29) is 37.1 Å². The summed E-state index contributed by atoms with van der Waals surface area (Å²) in [7, 11) is 0. The van der Waals surface area contributed by atoms with Crippen molar-refractivity contribution in [3.8, 4) is 11.8 Å². The van der Waals surface area contributed by atoms with Gasteiger partial charge in [-0.2, -0.15) is 0 Å². The van der Waals surface area contributed by atoms with Crippen molar-refractivity contribution < 1.29 is 37.0 Å². The second kappa shape index (κ2) is 10.4. The molecule has 1 fully saturated rings. The van der Waals surface area contributed by atoms with E-state index in [0.717, 1.165) is 18.5 Å². The number of halogens is 3. The van der Waals surface area contributed by atoms with E-state index in [2.05, 4.69) is 25.6 Å². The smallest absolute Gasteiger partial charge is 0.407 e. The number of nitrogens with one attached hydrogen (secondary N) is 3. The van der Waals surface area contributed by atoms with Crippen molar-refractivity contribution in [2.75, 3.05) is 18.5 Å². The molecule has 0 saturated heterocycles. The van der Waals surface area contributed by atoms with Crippen molar-refractivity contribution in [1.82, 2.24) is 20.3 Å². The van der Waals surface area contributed by atoms with Crippen LogP contribution in [0.4, 0.5) is 23.7 Å². The third-order valence-corrected chi connectivity index (χ3v) is 4.70. The number of ether oxygens (including phenoxy) is 3. The summed E-state index contributed by atoms with van der Waals surface area (Å²) >= 11 is 0. The first-order valence-electron chi connectivity index (χ1n) is 10.9. The van der Waals surface area contributed by atoms with Gasteiger partial charge in [0.2, 0.25) is 0 Å². The number of anilines is 1. The maximum absolute atomic E-state index is 14.3. The number of alkyl halides is 2. The lowest BCUT2D eigenvalue weighted by atomic mass is 10.2. The topological polar surface area (TPSA) is 145 Å². The van der Waals surface area contributed by atoms with Crippen LogP contribution in [0.25, 0.3) is 0 Å². The highest BCUT2D eigenvalue weighted by Gasteiger charge is 2.57. The molecule has 1 saturated carbocycles. The Balaban J connectivity index is 1.52. The van der Waals surface area contributed by atoms with Crippen molar-refractivity contribution in [2.45, 2.75) is 51.7 Å². The van der Waals surface area contributed by atoms with Gasteiger partial charge in [0.25, 0.3) is 23.4 Å². The molecule has 2 aromatic heterocycles. The standard InChI is InChI=1S/C22H26F3N5O6/c1-11(28-20(33)36-21(2,3)4)9-35-19-27-8-15(17(31)30-19)29-18(32)16-14(23)5-13(7-26-16)34-10-12-6-22(12,24)25/h5,7-8,11-12H,6,9-10H2,1-4H3,(H,28,33)(H,29,32)(H,27,30,31)/t11-,12+/m0/s1. The molecular formula is C22H26F3N5O6. The number of carbonyl (C=O) groups is 2. The highest BCUT2D eigenvalue weighted by atomic mass is 19.3. The van der Waals surface area contributed by atoms with Gasteiger partial charge in [-0.15, -0.1) is 0 Å². The maximum atomic E-state index is 14.3. The maximum Gasteiger partial charge on any atom is 0.407 e. The Morgan fingerprint density at radius 3 is 2.53 bits per heavy atom. The number of hydrogen-bond donors (Lipinski definition) is 3. The minimum Gasteiger partial charge on any atom is -0.491 e. The predicted octanol–water partition coefficient (Wildman–Crippen LogP) is 2.88. The molecule has 3 N–H and O–H groups in total. The molecule has 2 amide bonds. The molecule has 2 heterocycles. The van der Waals surface area contributed by atoms with Gasteiger partial charge in [0.05, 0.1) is 31.0 Å². The number of rotatable bonds is 9. The zero-order valence-corrected chi connectivity index (χ0v) is 20.0. The fourth-order valence-electron chi connectivity index (χ4n) is 2.79. The van der Waals surface area contributed by atoms with E-state index in [4.69, 9.17) is 14.2 Å². The Kier molecular flexibility index (Phi) is 7.74. The Morgan fingerprint density at radius 1 is 1.25 bits per heavy atom. The summed E-state index contributed by atoms with van der Waals surface area (Å²) in [5.74, 6) is -5.92. The lowest BCUT2D eigenvalue weighted by Crippen LogP contribution is -2.40. The molecule has 3 rings (SSSR count). The van der Waals surface area contributed by atoms with Gasteiger partial charge in [0.1, 0.15) is 23.6 Å².